The fraction of sp³-hybridized carbons (Fsp3) is 0.529. The van der Waals surface area contributed by atoms with Crippen molar-refractivity contribution in [1.29, 1.82) is 5.26 Å². The number of rotatable bonds is 7. The van der Waals surface area contributed by atoms with Crippen molar-refractivity contribution in [2.24, 2.45) is 10.3 Å². The molecule has 0 atom stereocenters. The van der Waals surface area contributed by atoms with Crippen LogP contribution in [0.5, 0.6) is 0 Å². The van der Waals surface area contributed by atoms with Crippen molar-refractivity contribution < 1.29 is 18.3 Å². The van der Waals surface area contributed by atoms with Gasteiger partial charge in [-0.05, 0) is 52.8 Å². The Hall–Kier alpha value is -2.56. The van der Waals surface area contributed by atoms with Crippen molar-refractivity contribution in [3.63, 3.8) is 0 Å². The number of halogens is 2. The average molecular weight is 352 g/mol. The molecular weight excluding hydrogens is 330 g/mol. The zero-order valence-electron chi connectivity index (χ0n) is 15.0. The minimum absolute atomic E-state index is 0.0103. The first kappa shape index (κ1) is 20.5. The van der Waals surface area contributed by atoms with E-state index in [2.05, 4.69) is 15.1 Å². The summed E-state index contributed by atoms with van der Waals surface area (Å²) in [7, 11) is 0. The molecule has 0 unspecified atom stereocenters. The largest absolute Gasteiger partial charge is 0.461 e. The van der Waals surface area contributed by atoms with Crippen molar-refractivity contribution in [2.75, 3.05) is 6.61 Å². The molecule has 0 N–H and O–H groups in total. The number of hydrogen-bond donors (Lipinski definition) is 0. The first-order valence-electron chi connectivity index (χ1n) is 7.94. The molecule has 0 fully saturated rings. The summed E-state index contributed by atoms with van der Waals surface area (Å²) in [6.07, 6.45) is 0. The Balaban J connectivity index is 3.38. The van der Waals surface area contributed by atoms with Crippen LogP contribution in [0.25, 0.3) is 0 Å². The summed E-state index contributed by atoms with van der Waals surface area (Å²) < 4.78 is 33.3. The maximum atomic E-state index is 14.5. The van der Waals surface area contributed by atoms with E-state index in [1.54, 1.807) is 11.1 Å². The molecule has 0 aliphatic heterocycles. The number of benzene rings is 1. The molecule has 8 heteroatoms. The Bertz CT molecular complexity index is 674. The number of ether oxygens (including phenoxy) is 1. The Kier molecular flexibility index (Phi) is 6.97. The molecule has 0 amide bonds. The van der Waals surface area contributed by atoms with E-state index >= 15 is 0 Å². The van der Waals surface area contributed by atoms with Crippen LogP contribution in [0.2, 0.25) is 0 Å². The lowest BCUT2D eigenvalue weighted by Gasteiger charge is -2.26. The maximum absolute atomic E-state index is 14.5. The van der Waals surface area contributed by atoms with Gasteiger partial charge in [-0.3, -0.25) is 5.01 Å². The molecular formula is C17H22F2N4O2. The highest BCUT2D eigenvalue weighted by atomic mass is 19.3. The highest BCUT2D eigenvalue weighted by molar-refractivity contribution is 5.81. The van der Waals surface area contributed by atoms with Crippen LogP contribution in [-0.2, 0) is 15.5 Å². The number of nitrogens with zero attached hydrogens (tertiary/aromatic N) is 4. The number of hydrogen-bond acceptors (Lipinski definition) is 5. The number of carbonyl (C=O) groups is 1. The second-order valence-corrected chi connectivity index (χ2v) is 5.90. The first-order valence-corrected chi connectivity index (χ1v) is 7.94. The smallest absolute Gasteiger partial charge is 0.382 e. The van der Waals surface area contributed by atoms with E-state index in [1.807, 2.05) is 27.7 Å². The highest BCUT2D eigenvalue weighted by Crippen LogP contribution is 2.37. The van der Waals surface area contributed by atoms with Crippen LogP contribution in [-0.4, -0.2) is 29.7 Å². The van der Waals surface area contributed by atoms with Gasteiger partial charge >= 0.3 is 11.9 Å². The van der Waals surface area contributed by atoms with Crippen molar-refractivity contribution in [2.45, 2.75) is 52.6 Å². The molecule has 0 bridgehead atoms. The normalized spacial score (nSPS) is 11.8. The third kappa shape index (κ3) is 4.95. The van der Waals surface area contributed by atoms with Crippen LogP contribution in [0.3, 0.4) is 0 Å². The summed E-state index contributed by atoms with van der Waals surface area (Å²) in [5, 5.41) is 18.5. The van der Waals surface area contributed by atoms with E-state index in [1.165, 1.54) is 19.1 Å². The molecule has 1 aromatic carbocycles. The van der Waals surface area contributed by atoms with Gasteiger partial charge in [0.15, 0.2) is 0 Å². The van der Waals surface area contributed by atoms with Crippen LogP contribution in [0.4, 0.5) is 14.5 Å². The van der Waals surface area contributed by atoms with Crippen molar-refractivity contribution >= 4 is 11.7 Å². The van der Waals surface area contributed by atoms with Gasteiger partial charge < -0.3 is 4.74 Å². The van der Waals surface area contributed by atoms with E-state index in [0.717, 1.165) is 6.07 Å². The van der Waals surface area contributed by atoms with Crippen LogP contribution in [0.15, 0.2) is 28.5 Å². The van der Waals surface area contributed by atoms with E-state index in [9.17, 15) is 13.6 Å². The molecule has 136 valence electrons. The summed E-state index contributed by atoms with van der Waals surface area (Å²) in [5.41, 5.74) is -0.910. The monoisotopic (exact) mass is 352 g/mol. The lowest BCUT2D eigenvalue weighted by Crippen LogP contribution is -2.31. The molecule has 1 rings (SSSR count). The Morgan fingerprint density at radius 3 is 2.40 bits per heavy atom. The van der Waals surface area contributed by atoms with E-state index < -0.39 is 17.5 Å². The summed E-state index contributed by atoms with van der Waals surface area (Å²) in [4.78, 5) is 11.6. The average Bonchev–Trinajstić information content (AvgIpc) is 2.54. The van der Waals surface area contributed by atoms with E-state index in [4.69, 9.17) is 5.26 Å². The fourth-order valence-corrected chi connectivity index (χ4v) is 2.18. The Morgan fingerprint density at radius 2 is 1.92 bits per heavy atom. The number of esters is 1. The van der Waals surface area contributed by atoms with Crippen LogP contribution < -0.4 is 0 Å². The Morgan fingerprint density at radius 1 is 1.32 bits per heavy atom. The van der Waals surface area contributed by atoms with Crippen molar-refractivity contribution in [3.05, 3.63) is 29.3 Å². The SMILES string of the molecule is CCOC(=O)C(F)(F)c1cc(C#N)ccc1N=NN(C(C)C)C(C)C. The third-order valence-corrected chi connectivity index (χ3v) is 3.31. The molecule has 0 aliphatic rings. The predicted molar refractivity (Wildman–Crippen MR) is 88.3 cm³/mol. The maximum Gasteiger partial charge on any atom is 0.382 e. The third-order valence-electron chi connectivity index (χ3n) is 3.31. The van der Waals surface area contributed by atoms with E-state index in [0.29, 0.717) is 0 Å². The minimum Gasteiger partial charge on any atom is -0.461 e. The van der Waals surface area contributed by atoms with Gasteiger partial charge in [-0.1, -0.05) is 5.22 Å². The molecule has 0 heterocycles. The minimum atomic E-state index is -3.93. The van der Waals surface area contributed by atoms with Crippen LogP contribution in [0.1, 0.15) is 45.7 Å². The van der Waals surface area contributed by atoms with Crippen molar-refractivity contribution in [1.82, 2.24) is 5.01 Å². The fourth-order valence-electron chi connectivity index (χ4n) is 2.18. The molecule has 0 saturated carbocycles. The van der Waals surface area contributed by atoms with Gasteiger partial charge in [0.2, 0.25) is 0 Å². The van der Waals surface area contributed by atoms with Gasteiger partial charge in [-0.15, -0.1) is 5.11 Å². The molecule has 0 saturated heterocycles. The van der Waals surface area contributed by atoms with Crippen LogP contribution in [0, 0.1) is 11.3 Å². The zero-order valence-corrected chi connectivity index (χ0v) is 15.0. The van der Waals surface area contributed by atoms with Gasteiger partial charge in [0.05, 0.1) is 29.5 Å². The molecule has 6 nitrogen and oxygen atoms in total. The van der Waals surface area contributed by atoms with Gasteiger partial charge in [0, 0.05) is 12.1 Å². The highest BCUT2D eigenvalue weighted by Gasteiger charge is 2.45. The van der Waals surface area contributed by atoms with Crippen molar-refractivity contribution in [3.8, 4) is 6.07 Å². The number of nitriles is 1. The molecule has 0 aliphatic carbocycles. The van der Waals surface area contributed by atoms with Crippen LogP contribution >= 0.6 is 0 Å². The van der Waals surface area contributed by atoms with Gasteiger partial charge in [0.1, 0.15) is 0 Å². The molecule has 25 heavy (non-hydrogen) atoms. The molecule has 0 aromatic heterocycles. The van der Waals surface area contributed by atoms with E-state index in [-0.39, 0.29) is 29.9 Å². The number of alkyl halides is 2. The lowest BCUT2D eigenvalue weighted by molar-refractivity contribution is -0.173. The Labute approximate surface area is 146 Å². The molecule has 1 aromatic rings. The number of carbonyl (C=O) groups excluding carboxylic acids is 1. The second kappa shape index (κ2) is 8.51. The quantitative estimate of drug-likeness (QED) is 0.416. The first-order chi connectivity index (χ1) is 11.6. The standard InChI is InChI=1S/C17H22F2N4O2/c1-6-25-16(24)17(18,19)14-9-13(10-20)7-8-15(14)21-22-23(11(2)3)12(4)5/h7-9,11-12H,6H2,1-5H3. The molecule has 0 spiro atoms. The second-order valence-electron chi connectivity index (χ2n) is 5.90. The lowest BCUT2D eigenvalue weighted by atomic mass is 10.0. The summed E-state index contributed by atoms with van der Waals surface area (Å²) in [6, 6.07) is 5.30. The summed E-state index contributed by atoms with van der Waals surface area (Å²) >= 11 is 0. The molecule has 0 radical (unpaired) electrons. The van der Waals surface area contributed by atoms with Gasteiger partial charge in [-0.2, -0.15) is 14.0 Å². The topological polar surface area (TPSA) is 78.0 Å². The zero-order chi connectivity index (χ0) is 19.2. The summed E-state index contributed by atoms with van der Waals surface area (Å²) in [5.74, 6) is -5.62. The van der Waals surface area contributed by atoms with Gasteiger partial charge in [-0.25, -0.2) is 4.79 Å². The summed E-state index contributed by atoms with van der Waals surface area (Å²) in [6.45, 7) is 8.83. The van der Waals surface area contributed by atoms with Gasteiger partial charge in [0.25, 0.3) is 0 Å². The predicted octanol–water partition coefficient (Wildman–Crippen LogP) is 4.33.